The molecule has 0 aliphatic carbocycles. The van der Waals surface area contributed by atoms with Gasteiger partial charge in [-0.25, -0.2) is 0 Å². The van der Waals surface area contributed by atoms with Gasteiger partial charge in [0.1, 0.15) is 0 Å². The molecule has 4 heteroatoms. The molecule has 2 nitrogen and oxygen atoms in total. The van der Waals surface area contributed by atoms with Crippen molar-refractivity contribution in [1.82, 2.24) is 4.90 Å². The number of hydrogen-bond acceptors (Lipinski definition) is 2. The van der Waals surface area contributed by atoms with E-state index in [1.807, 2.05) is 29.2 Å². The highest BCUT2D eigenvalue weighted by molar-refractivity contribution is 7.81. The quantitative estimate of drug-likeness (QED) is 0.818. The van der Waals surface area contributed by atoms with E-state index in [9.17, 15) is 4.79 Å². The summed E-state index contributed by atoms with van der Waals surface area (Å²) >= 11 is 10.3. The molecule has 1 amide bonds. The maximum atomic E-state index is 11.9. The topological polar surface area (TPSA) is 20.3 Å². The summed E-state index contributed by atoms with van der Waals surface area (Å²) < 4.78 is 0. The molecule has 0 aromatic heterocycles. The van der Waals surface area contributed by atoms with E-state index in [0.29, 0.717) is 18.0 Å². The number of likely N-dealkylation sites (tertiary alicyclic amines) is 1. The van der Waals surface area contributed by atoms with E-state index in [0.717, 1.165) is 5.56 Å². The maximum absolute atomic E-state index is 11.9. The van der Waals surface area contributed by atoms with Crippen LogP contribution in [0, 0.1) is 0 Å². The zero-order valence-electron chi connectivity index (χ0n) is 9.98. The molecule has 0 spiro atoms. The lowest BCUT2D eigenvalue weighted by Gasteiger charge is -2.36. The van der Waals surface area contributed by atoms with Crippen LogP contribution in [-0.2, 0) is 10.3 Å². The van der Waals surface area contributed by atoms with E-state index < -0.39 is 0 Å². The fourth-order valence-corrected chi connectivity index (χ4v) is 2.69. The second kappa shape index (κ2) is 4.54. The van der Waals surface area contributed by atoms with Crippen LogP contribution in [0.3, 0.4) is 0 Å². The summed E-state index contributed by atoms with van der Waals surface area (Å²) in [6, 6.07) is 7.66. The minimum atomic E-state index is -0.306. The van der Waals surface area contributed by atoms with Gasteiger partial charge in [0.2, 0.25) is 5.91 Å². The summed E-state index contributed by atoms with van der Waals surface area (Å²) in [5.41, 5.74) is 0.789. The Morgan fingerprint density at radius 1 is 1.35 bits per heavy atom. The summed E-state index contributed by atoms with van der Waals surface area (Å²) in [7, 11) is 0. The molecule has 17 heavy (non-hydrogen) atoms. The van der Waals surface area contributed by atoms with Crippen molar-refractivity contribution in [3.8, 4) is 0 Å². The van der Waals surface area contributed by atoms with Crippen LogP contribution in [0.15, 0.2) is 24.3 Å². The first-order valence-electron chi connectivity index (χ1n) is 5.66. The molecule has 0 bridgehead atoms. The number of hydrogen-bond donors (Lipinski definition) is 1. The Kier molecular flexibility index (Phi) is 3.41. The molecule has 2 rings (SSSR count). The lowest BCUT2D eigenvalue weighted by Crippen LogP contribution is -2.42. The highest BCUT2D eigenvalue weighted by Crippen LogP contribution is 2.33. The second-order valence-corrected chi connectivity index (χ2v) is 6.09. The molecule has 1 atom stereocenters. The molecule has 1 fully saturated rings. The Morgan fingerprint density at radius 3 is 2.41 bits per heavy atom. The van der Waals surface area contributed by atoms with E-state index in [1.165, 1.54) is 0 Å². The number of benzene rings is 1. The Labute approximate surface area is 112 Å². The van der Waals surface area contributed by atoms with Gasteiger partial charge in [-0.3, -0.25) is 4.79 Å². The predicted octanol–water partition coefficient (Wildman–Crippen LogP) is 3.11. The predicted molar refractivity (Wildman–Crippen MR) is 73.6 cm³/mol. The zero-order valence-corrected chi connectivity index (χ0v) is 11.6. The number of carbonyl (C=O) groups excluding carboxylic acids is 1. The monoisotopic (exact) mass is 269 g/mol. The van der Waals surface area contributed by atoms with E-state index >= 15 is 0 Å². The van der Waals surface area contributed by atoms with Gasteiger partial charge in [-0.05, 0) is 31.5 Å². The highest BCUT2D eigenvalue weighted by atomic mass is 35.5. The molecular weight excluding hydrogens is 254 g/mol. The summed E-state index contributed by atoms with van der Waals surface area (Å²) in [5, 5.41) is 0.860. The van der Waals surface area contributed by atoms with Gasteiger partial charge >= 0.3 is 0 Å². The maximum Gasteiger partial charge on any atom is 0.224 e. The summed E-state index contributed by atoms with van der Waals surface area (Å²) in [4.78, 5) is 13.8. The molecule has 1 aliphatic rings. The molecular formula is C13H16ClNOS. The molecule has 1 aromatic rings. The third-order valence-corrected chi connectivity index (χ3v) is 3.93. The minimum absolute atomic E-state index is 0.147. The third kappa shape index (κ3) is 2.45. The number of thiol groups is 1. The highest BCUT2D eigenvalue weighted by Gasteiger charge is 2.38. The van der Waals surface area contributed by atoms with Gasteiger partial charge in [0.05, 0.1) is 5.54 Å². The van der Waals surface area contributed by atoms with Crippen molar-refractivity contribution in [1.29, 1.82) is 0 Å². The Bertz CT molecular complexity index is 430. The standard InChI is InChI=1S/C13H16ClNOS/c1-13(2,9-3-5-10(14)6-4-9)15-8-11(17)7-12(15)16/h3-6,11,17H,7-8H2,1-2H3. The van der Waals surface area contributed by atoms with Crippen LogP contribution in [0.2, 0.25) is 5.02 Å². The van der Waals surface area contributed by atoms with Gasteiger partial charge in [0.15, 0.2) is 0 Å². The molecule has 1 heterocycles. The second-order valence-electron chi connectivity index (χ2n) is 4.93. The van der Waals surface area contributed by atoms with Gasteiger partial charge < -0.3 is 4.90 Å². The van der Waals surface area contributed by atoms with Gasteiger partial charge in [-0.15, -0.1) is 0 Å². The van der Waals surface area contributed by atoms with Gasteiger partial charge in [-0.2, -0.15) is 12.6 Å². The van der Waals surface area contributed by atoms with Crippen molar-refractivity contribution < 1.29 is 4.79 Å². The minimum Gasteiger partial charge on any atom is -0.332 e. The molecule has 0 saturated carbocycles. The van der Waals surface area contributed by atoms with E-state index in [-0.39, 0.29) is 16.7 Å². The summed E-state index contributed by atoms with van der Waals surface area (Å²) in [6.45, 7) is 4.82. The number of rotatable bonds is 2. The van der Waals surface area contributed by atoms with E-state index in [4.69, 9.17) is 11.6 Å². The Balaban J connectivity index is 2.29. The third-order valence-electron chi connectivity index (χ3n) is 3.33. The van der Waals surface area contributed by atoms with Crippen molar-refractivity contribution >= 4 is 30.1 Å². The van der Waals surface area contributed by atoms with Crippen LogP contribution in [0.25, 0.3) is 0 Å². The summed E-state index contributed by atoms with van der Waals surface area (Å²) in [6.07, 6.45) is 0.528. The van der Waals surface area contributed by atoms with Gasteiger partial charge in [-0.1, -0.05) is 23.7 Å². The van der Waals surface area contributed by atoms with Crippen molar-refractivity contribution in [3.05, 3.63) is 34.9 Å². The van der Waals surface area contributed by atoms with Crippen molar-refractivity contribution in [2.24, 2.45) is 0 Å². The van der Waals surface area contributed by atoms with Gasteiger partial charge in [0.25, 0.3) is 0 Å². The fourth-order valence-electron chi connectivity index (χ4n) is 2.24. The molecule has 1 saturated heterocycles. The SMILES string of the molecule is CC(C)(c1ccc(Cl)cc1)N1CC(S)CC1=O. The number of nitrogens with zero attached hydrogens (tertiary/aromatic N) is 1. The first-order valence-corrected chi connectivity index (χ1v) is 6.55. The molecule has 1 aliphatic heterocycles. The Hall–Kier alpha value is -0.670. The largest absolute Gasteiger partial charge is 0.332 e. The smallest absolute Gasteiger partial charge is 0.224 e. The molecule has 1 unspecified atom stereocenters. The fraction of sp³-hybridized carbons (Fsp3) is 0.462. The van der Waals surface area contributed by atoms with Crippen LogP contribution in [0.5, 0.6) is 0 Å². The van der Waals surface area contributed by atoms with Crippen molar-refractivity contribution in [2.45, 2.75) is 31.1 Å². The van der Waals surface area contributed by atoms with Crippen molar-refractivity contribution in [2.75, 3.05) is 6.54 Å². The van der Waals surface area contributed by atoms with E-state index in [2.05, 4.69) is 26.5 Å². The lowest BCUT2D eigenvalue weighted by atomic mass is 9.92. The van der Waals surface area contributed by atoms with Crippen LogP contribution in [0.4, 0.5) is 0 Å². The average Bonchev–Trinajstić information content (AvgIpc) is 2.59. The molecule has 92 valence electrons. The number of amides is 1. The van der Waals surface area contributed by atoms with Crippen LogP contribution in [0.1, 0.15) is 25.8 Å². The number of halogens is 1. The van der Waals surface area contributed by atoms with Crippen LogP contribution < -0.4 is 0 Å². The van der Waals surface area contributed by atoms with Crippen LogP contribution >= 0.6 is 24.2 Å². The first-order chi connectivity index (χ1) is 7.91. The molecule has 1 aromatic carbocycles. The van der Waals surface area contributed by atoms with Crippen LogP contribution in [-0.4, -0.2) is 22.6 Å². The summed E-state index contributed by atoms with van der Waals surface area (Å²) in [5.74, 6) is 0.171. The molecule has 0 radical (unpaired) electrons. The zero-order chi connectivity index (χ0) is 12.6. The average molecular weight is 270 g/mol. The number of carbonyl (C=O) groups is 1. The first kappa shape index (κ1) is 12.8. The van der Waals surface area contributed by atoms with E-state index in [1.54, 1.807) is 0 Å². The van der Waals surface area contributed by atoms with Gasteiger partial charge in [0, 0.05) is 23.2 Å². The lowest BCUT2D eigenvalue weighted by molar-refractivity contribution is -0.132. The van der Waals surface area contributed by atoms with Crippen molar-refractivity contribution in [3.63, 3.8) is 0 Å². The Morgan fingerprint density at radius 2 is 1.94 bits per heavy atom. The normalized spacial score (nSPS) is 21.1. The molecule has 0 N–H and O–H groups in total.